The smallest absolute Gasteiger partial charge is 0.217 e. The van der Waals surface area contributed by atoms with Crippen LogP contribution in [0.25, 0.3) is 0 Å². The van der Waals surface area contributed by atoms with Crippen LogP contribution >= 0.6 is 0 Å². The van der Waals surface area contributed by atoms with Crippen molar-refractivity contribution in [3.05, 3.63) is 0 Å². The number of carbonyl (C=O) groups excluding carboxylic acids is 1. The molecule has 2 rings (SSSR count). The highest BCUT2D eigenvalue weighted by atomic mass is 16.5. The number of nitrogens with one attached hydrogen (secondary N) is 2. The maximum atomic E-state index is 11.1. The van der Waals surface area contributed by atoms with Gasteiger partial charge in [-0.3, -0.25) is 4.79 Å². The lowest BCUT2D eigenvalue weighted by Gasteiger charge is -2.58. The Morgan fingerprint density at radius 2 is 1.82 bits per heavy atom. The summed E-state index contributed by atoms with van der Waals surface area (Å²) in [5.74, 6) is 0.0592. The average Bonchev–Trinajstić information content (AvgIpc) is 2.46. The second-order valence-electron chi connectivity index (χ2n) is 7.53. The third-order valence-corrected chi connectivity index (χ3v) is 5.71. The summed E-state index contributed by atoms with van der Waals surface area (Å²) < 4.78 is 5.70. The molecule has 3 N–H and O–H groups in total. The maximum absolute atomic E-state index is 11.1. The Labute approximate surface area is 134 Å². The van der Waals surface area contributed by atoms with Gasteiger partial charge in [-0.2, -0.15) is 0 Å². The number of hydrogen-bond acceptors (Lipinski definition) is 4. The Bertz CT molecular complexity index is 391. The van der Waals surface area contributed by atoms with E-state index in [0.29, 0.717) is 31.7 Å². The molecule has 5 heteroatoms. The van der Waals surface area contributed by atoms with Crippen molar-refractivity contribution >= 4 is 5.91 Å². The van der Waals surface area contributed by atoms with Gasteiger partial charge in [0, 0.05) is 44.0 Å². The van der Waals surface area contributed by atoms with Gasteiger partial charge in [-0.05, 0) is 32.6 Å². The van der Waals surface area contributed by atoms with Gasteiger partial charge in [0.25, 0.3) is 0 Å². The number of amides is 1. The quantitative estimate of drug-likeness (QED) is 0.696. The van der Waals surface area contributed by atoms with E-state index >= 15 is 0 Å². The molecule has 2 fully saturated rings. The third-order valence-electron chi connectivity index (χ3n) is 5.71. The van der Waals surface area contributed by atoms with Crippen molar-refractivity contribution in [2.45, 2.75) is 83.6 Å². The minimum atomic E-state index is -0.679. The Morgan fingerprint density at radius 1 is 1.23 bits per heavy atom. The van der Waals surface area contributed by atoms with E-state index in [2.05, 4.69) is 24.5 Å². The molecular formula is C17H32N2O3. The van der Waals surface area contributed by atoms with Gasteiger partial charge < -0.3 is 20.5 Å². The molecule has 0 aromatic heterocycles. The highest BCUT2D eigenvalue weighted by molar-refractivity contribution is 5.73. The summed E-state index contributed by atoms with van der Waals surface area (Å²) in [6, 6.07) is 0.761. The van der Waals surface area contributed by atoms with Crippen molar-refractivity contribution in [2.75, 3.05) is 13.2 Å². The number of aliphatic hydroxyl groups is 1. The first-order valence-electron chi connectivity index (χ1n) is 8.63. The van der Waals surface area contributed by atoms with Gasteiger partial charge in [-0.25, -0.2) is 0 Å². The number of carbonyl (C=O) groups is 1. The third kappa shape index (κ3) is 3.63. The first-order chi connectivity index (χ1) is 10.3. The largest absolute Gasteiger partial charge is 0.388 e. The van der Waals surface area contributed by atoms with Gasteiger partial charge in [0.2, 0.25) is 5.91 Å². The van der Waals surface area contributed by atoms with Crippen LogP contribution in [0.1, 0.15) is 59.8 Å². The van der Waals surface area contributed by atoms with Gasteiger partial charge in [-0.15, -0.1) is 0 Å². The predicted molar refractivity (Wildman–Crippen MR) is 86.6 cm³/mol. The first-order valence-corrected chi connectivity index (χ1v) is 8.63. The lowest BCUT2D eigenvalue weighted by Crippen LogP contribution is -2.69. The van der Waals surface area contributed by atoms with Crippen LogP contribution in [0.15, 0.2) is 0 Å². The van der Waals surface area contributed by atoms with Gasteiger partial charge in [0.05, 0.1) is 11.7 Å². The molecule has 0 unspecified atom stereocenters. The van der Waals surface area contributed by atoms with Gasteiger partial charge in [-0.1, -0.05) is 13.8 Å². The van der Waals surface area contributed by atoms with E-state index in [0.717, 1.165) is 25.7 Å². The molecule has 5 nitrogen and oxygen atoms in total. The molecule has 0 heterocycles. The van der Waals surface area contributed by atoms with Crippen molar-refractivity contribution < 1.29 is 14.6 Å². The molecule has 2 atom stereocenters. The molecule has 0 radical (unpaired) electrons. The first kappa shape index (κ1) is 17.7. The minimum absolute atomic E-state index is 0.0592. The summed E-state index contributed by atoms with van der Waals surface area (Å²) in [5, 5.41) is 17.4. The molecule has 128 valence electrons. The summed E-state index contributed by atoms with van der Waals surface area (Å²) in [4.78, 5) is 11.1. The molecule has 2 saturated carbocycles. The molecule has 0 spiro atoms. The number of rotatable bonds is 6. The summed E-state index contributed by atoms with van der Waals surface area (Å²) in [7, 11) is 0. The Balaban J connectivity index is 1.74. The SMILES string of the molecule is CCO[C@H]1C[C@@](O)(CNC2CCC(NC(C)=O)CC2)C1(C)C. The summed E-state index contributed by atoms with van der Waals surface area (Å²) in [5.41, 5.74) is -0.884. The van der Waals surface area contributed by atoms with Crippen LogP contribution < -0.4 is 10.6 Å². The molecule has 2 aliphatic carbocycles. The predicted octanol–water partition coefficient (Wildman–Crippen LogP) is 1.59. The lowest BCUT2D eigenvalue weighted by atomic mass is 9.56. The lowest BCUT2D eigenvalue weighted by molar-refractivity contribution is -0.238. The van der Waals surface area contributed by atoms with Crippen LogP contribution in [0.3, 0.4) is 0 Å². The molecule has 0 aromatic carbocycles. The van der Waals surface area contributed by atoms with Crippen molar-refractivity contribution in [3.63, 3.8) is 0 Å². The van der Waals surface area contributed by atoms with Crippen molar-refractivity contribution in [3.8, 4) is 0 Å². The fourth-order valence-electron chi connectivity index (χ4n) is 3.80. The van der Waals surface area contributed by atoms with Crippen LogP contribution in [-0.4, -0.2) is 48.0 Å². The summed E-state index contributed by atoms with van der Waals surface area (Å²) in [6.45, 7) is 9.08. The summed E-state index contributed by atoms with van der Waals surface area (Å²) in [6.07, 6.45) is 5.00. The van der Waals surface area contributed by atoms with E-state index in [-0.39, 0.29) is 17.4 Å². The highest BCUT2D eigenvalue weighted by Crippen LogP contribution is 2.51. The second-order valence-corrected chi connectivity index (χ2v) is 7.53. The molecule has 0 aliphatic heterocycles. The second kappa shape index (κ2) is 6.85. The van der Waals surface area contributed by atoms with E-state index in [9.17, 15) is 9.90 Å². The van der Waals surface area contributed by atoms with Crippen LogP contribution in [-0.2, 0) is 9.53 Å². The van der Waals surface area contributed by atoms with Gasteiger partial charge in [0.1, 0.15) is 0 Å². The Morgan fingerprint density at radius 3 is 2.32 bits per heavy atom. The van der Waals surface area contributed by atoms with Crippen LogP contribution in [0.4, 0.5) is 0 Å². The van der Waals surface area contributed by atoms with Crippen LogP contribution in [0.2, 0.25) is 0 Å². The fraction of sp³-hybridized carbons (Fsp3) is 0.941. The highest BCUT2D eigenvalue weighted by Gasteiger charge is 2.59. The monoisotopic (exact) mass is 312 g/mol. The molecule has 1 amide bonds. The Hall–Kier alpha value is -0.650. The van der Waals surface area contributed by atoms with Crippen molar-refractivity contribution in [1.29, 1.82) is 0 Å². The fourth-order valence-corrected chi connectivity index (χ4v) is 3.80. The average molecular weight is 312 g/mol. The van der Waals surface area contributed by atoms with Crippen LogP contribution in [0, 0.1) is 5.41 Å². The summed E-state index contributed by atoms with van der Waals surface area (Å²) >= 11 is 0. The van der Waals surface area contributed by atoms with Crippen LogP contribution in [0.5, 0.6) is 0 Å². The number of ether oxygens (including phenoxy) is 1. The maximum Gasteiger partial charge on any atom is 0.217 e. The van der Waals surface area contributed by atoms with Crippen molar-refractivity contribution in [2.24, 2.45) is 5.41 Å². The molecular weight excluding hydrogens is 280 g/mol. The molecule has 0 aromatic rings. The minimum Gasteiger partial charge on any atom is -0.388 e. The van der Waals surface area contributed by atoms with E-state index < -0.39 is 5.60 Å². The topological polar surface area (TPSA) is 70.6 Å². The Kier molecular flexibility index (Phi) is 5.51. The molecule has 2 aliphatic rings. The zero-order valence-corrected chi connectivity index (χ0v) is 14.4. The van der Waals surface area contributed by atoms with E-state index in [1.54, 1.807) is 6.92 Å². The molecule has 22 heavy (non-hydrogen) atoms. The van der Waals surface area contributed by atoms with Gasteiger partial charge >= 0.3 is 0 Å². The van der Waals surface area contributed by atoms with Gasteiger partial charge in [0.15, 0.2) is 0 Å². The van der Waals surface area contributed by atoms with Crippen molar-refractivity contribution in [1.82, 2.24) is 10.6 Å². The standard InChI is InChI=1S/C17H32N2O3/c1-5-22-15-10-17(21,16(15,3)4)11-18-13-6-8-14(9-7-13)19-12(2)20/h13-15,18,21H,5-11H2,1-4H3,(H,19,20)/t13?,14?,15-,17+/m0/s1. The number of hydrogen-bond donors (Lipinski definition) is 3. The molecule has 0 bridgehead atoms. The zero-order valence-electron chi connectivity index (χ0n) is 14.4. The normalized spacial score (nSPS) is 37.4. The van der Waals surface area contributed by atoms with E-state index in [1.165, 1.54) is 0 Å². The zero-order chi connectivity index (χ0) is 16.4. The van der Waals surface area contributed by atoms with E-state index in [1.807, 2.05) is 6.92 Å². The molecule has 0 saturated heterocycles. The van der Waals surface area contributed by atoms with E-state index in [4.69, 9.17) is 4.74 Å².